The Morgan fingerprint density at radius 2 is 2.00 bits per heavy atom. The molecule has 110 valence electrons. The standard InChI is InChI=1S/C15H22N2O3/c1-10-8-12(9-13(14(10)16)15(18)19-3)20-11-4-6-17(2)7-5-11/h8-9,11H,4-7,16H2,1-3H3. The van der Waals surface area contributed by atoms with Gasteiger partial charge in [-0.15, -0.1) is 0 Å². The van der Waals surface area contributed by atoms with E-state index in [4.69, 9.17) is 15.2 Å². The summed E-state index contributed by atoms with van der Waals surface area (Å²) in [6.07, 6.45) is 2.18. The SMILES string of the molecule is COC(=O)c1cc(OC2CCN(C)CC2)cc(C)c1N. The maximum atomic E-state index is 11.7. The molecular formula is C15H22N2O3. The predicted molar refractivity (Wildman–Crippen MR) is 78.1 cm³/mol. The summed E-state index contributed by atoms with van der Waals surface area (Å²) in [6.45, 7) is 3.92. The van der Waals surface area contributed by atoms with Gasteiger partial charge in [-0.25, -0.2) is 4.79 Å². The molecular weight excluding hydrogens is 256 g/mol. The number of benzene rings is 1. The Morgan fingerprint density at radius 1 is 1.35 bits per heavy atom. The zero-order valence-electron chi connectivity index (χ0n) is 12.3. The van der Waals surface area contributed by atoms with Crippen molar-refractivity contribution in [2.45, 2.75) is 25.9 Å². The van der Waals surface area contributed by atoms with Crippen molar-refractivity contribution in [1.29, 1.82) is 0 Å². The highest BCUT2D eigenvalue weighted by Crippen LogP contribution is 2.27. The fourth-order valence-electron chi connectivity index (χ4n) is 2.41. The van der Waals surface area contributed by atoms with Crippen molar-refractivity contribution in [2.24, 2.45) is 0 Å². The van der Waals surface area contributed by atoms with Crippen molar-refractivity contribution in [3.8, 4) is 5.75 Å². The Labute approximate surface area is 119 Å². The second-order valence-electron chi connectivity index (χ2n) is 5.31. The fraction of sp³-hybridized carbons (Fsp3) is 0.533. The van der Waals surface area contributed by atoms with Gasteiger partial charge in [0.05, 0.1) is 12.7 Å². The van der Waals surface area contributed by atoms with Crippen molar-refractivity contribution in [3.63, 3.8) is 0 Å². The first-order chi connectivity index (χ1) is 9.51. The number of esters is 1. The molecule has 0 aliphatic carbocycles. The van der Waals surface area contributed by atoms with Crippen LogP contribution in [0.15, 0.2) is 12.1 Å². The molecule has 2 rings (SSSR count). The van der Waals surface area contributed by atoms with E-state index < -0.39 is 5.97 Å². The monoisotopic (exact) mass is 278 g/mol. The van der Waals surface area contributed by atoms with E-state index in [9.17, 15) is 4.79 Å². The van der Waals surface area contributed by atoms with Crippen molar-refractivity contribution < 1.29 is 14.3 Å². The van der Waals surface area contributed by atoms with E-state index in [2.05, 4.69) is 11.9 Å². The molecule has 20 heavy (non-hydrogen) atoms. The van der Waals surface area contributed by atoms with Gasteiger partial charge in [-0.05, 0) is 44.5 Å². The third-order valence-electron chi connectivity index (χ3n) is 3.73. The zero-order valence-corrected chi connectivity index (χ0v) is 12.3. The van der Waals surface area contributed by atoms with Crippen LogP contribution in [-0.4, -0.2) is 44.2 Å². The number of carbonyl (C=O) groups is 1. The molecule has 1 aliphatic heterocycles. The first kappa shape index (κ1) is 14.7. The Morgan fingerprint density at radius 3 is 2.60 bits per heavy atom. The second kappa shape index (κ2) is 6.13. The number of rotatable bonds is 3. The normalized spacial score (nSPS) is 16.9. The Kier molecular flexibility index (Phi) is 4.49. The van der Waals surface area contributed by atoms with Crippen molar-refractivity contribution in [1.82, 2.24) is 4.90 Å². The molecule has 0 unspecified atom stereocenters. The van der Waals surface area contributed by atoms with Crippen LogP contribution in [0.4, 0.5) is 5.69 Å². The van der Waals surface area contributed by atoms with E-state index in [1.165, 1.54) is 7.11 Å². The first-order valence-corrected chi connectivity index (χ1v) is 6.85. The molecule has 1 saturated heterocycles. The van der Waals surface area contributed by atoms with Gasteiger partial charge in [-0.3, -0.25) is 0 Å². The van der Waals surface area contributed by atoms with Crippen molar-refractivity contribution in [2.75, 3.05) is 33.0 Å². The van der Waals surface area contributed by atoms with Crippen LogP contribution >= 0.6 is 0 Å². The third-order valence-corrected chi connectivity index (χ3v) is 3.73. The second-order valence-corrected chi connectivity index (χ2v) is 5.31. The Balaban J connectivity index is 2.16. The number of carbonyl (C=O) groups excluding carboxylic acids is 1. The molecule has 1 fully saturated rings. The smallest absolute Gasteiger partial charge is 0.340 e. The van der Waals surface area contributed by atoms with Crippen LogP contribution in [0.3, 0.4) is 0 Å². The summed E-state index contributed by atoms with van der Waals surface area (Å²) in [5.41, 5.74) is 7.57. The molecule has 0 atom stereocenters. The van der Waals surface area contributed by atoms with Gasteiger partial charge in [0.1, 0.15) is 11.9 Å². The first-order valence-electron chi connectivity index (χ1n) is 6.85. The van der Waals surface area contributed by atoms with Crippen molar-refractivity contribution >= 4 is 11.7 Å². The van der Waals surface area contributed by atoms with Gasteiger partial charge in [-0.1, -0.05) is 0 Å². The van der Waals surface area contributed by atoms with Crippen LogP contribution < -0.4 is 10.5 Å². The molecule has 0 radical (unpaired) electrons. The topological polar surface area (TPSA) is 64.8 Å². The van der Waals surface area contributed by atoms with Gasteiger partial charge in [0.15, 0.2) is 0 Å². The highest BCUT2D eigenvalue weighted by Gasteiger charge is 2.20. The minimum absolute atomic E-state index is 0.194. The number of hydrogen-bond acceptors (Lipinski definition) is 5. The molecule has 0 spiro atoms. The van der Waals surface area contributed by atoms with E-state index in [0.29, 0.717) is 17.0 Å². The minimum Gasteiger partial charge on any atom is -0.490 e. The lowest BCUT2D eigenvalue weighted by molar-refractivity contribution is 0.0600. The third kappa shape index (κ3) is 3.22. The highest BCUT2D eigenvalue weighted by atomic mass is 16.5. The lowest BCUT2D eigenvalue weighted by Crippen LogP contribution is -2.35. The summed E-state index contributed by atoms with van der Waals surface area (Å²) in [4.78, 5) is 14.0. The maximum Gasteiger partial charge on any atom is 0.340 e. The number of piperidine rings is 1. The summed E-state index contributed by atoms with van der Waals surface area (Å²) < 4.78 is 10.7. The average molecular weight is 278 g/mol. The van der Waals surface area contributed by atoms with Crippen LogP contribution in [0.5, 0.6) is 5.75 Å². The largest absolute Gasteiger partial charge is 0.490 e. The number of likely N-dealkylation sites (tertiary alicyclic amines) is 1. The molecule has 0 saturated carbocycles. The number of nitrogen functional groups attached to an aromatic ring is 1. The van der Waals surface area contributed by atoms with E-state index in [0.717, 1.165) is 31.5 Å². The summed E-state index contributed by atoms with van der Waals surface area (Å²) in [5.74, 6) is 0.256. The van der Waals surface area contributed by atoms with Crippen LogP contribution in [0.1, 0.15) is 28.8 Å². The van der Waals surface area contributed by atoms with Gasteiger partial charge in [0.25, 0.3) is 0 Å². The number of aryl methyl sites for hydroxylation is 1. The maximum absolute atomic E-state index is 11.7. The van der Waals surface area contributed by atoms with Gasteiger partial charge in [0.2, 0.25) is 0 Å². The molecule has 5 nitrogen and oxygen atoms in total. The zero-order chi connectivity index (χ0) is 14.7. The molecule has 1 aliphatic rings. The van der Waals surface area contributed by atoms with E-state index in [-0.39, 0.29) is 6.10 Å². The molecule has 5 heteroatoms. The van der Waals surface area contributed by atoms with Gasteiger partial charge < -0.3 is 20.1 Å². The van der Waals surface area contributed by atoms with E-state index in [1.807, 2.05) is 13.0 Å². The van der Waals surface area contributed by atoms with Gasteiger partial charge >= 0.3 is 5.97 Å². The average Bonchev–Trinajstić information content (AvgIpc) is 2.44. The van der Waals surface area contributed by atoms with Crippen LogP contribution in [0.25, 0.3) is 0 Å². The van der Waals surface area contributed by atoms with Crippen LogP contribution in [0, 0.1) is 6.92 Å². The molecule has 1 aromatic carbocycles. The van der Waals surface area contributed by atoms with Crippen LogP contribution in [-0.2, 0) is 4.74 Å². The van der Waals surface area contributed by atoms with E-state index in [1.54, 1.807) is 6.07 Å². The highest BCUT2D eigenvalue weighted by molar-refractivity contribution is 5.96. The lowest BCUT2D eigenvalue weighted by Gasteiger charge is -2.29. The van der Waals surface area contributed by atoms with Crippen molar-refractivity contribution in [3.05, 3.63) is 23.3 Å². The van der Waals surface area contributed by atoms with Crippen LogP contribution in [0.2, 0.25) is 0 Å². The summed E-state index contributed by atoms with van der Waals surface area (Å²) in [5, 5.41) is 0. The molecule has 2 N–H and O–H groups in total. The fourth-order valence-corrected chi connectivity index (χ4v) is 2.41. The van der Waals surface area contributed by atoms with Gasteiger partial charge in [0, 0.05) is 18.8 Å². The number of nitrogens with zero attached hydrogens (tertiary/aromatic N) is 1. The number of nitrogens with two attached hydrogens (primary N) is 1. The molecule has 0 amide bonds. The molecule has 1 aromatic rings. The summed E-state index contributed by atoms with van der Waals surface area (Å²) in [6, 6.07) is 3.55. The van der Waals surface area contributed by atoms with E-state index >= 15 is 0 Å². The molecule has 0 aromatic heterocycles. The Bertz CT molecular complexity index is 494. The number of ether oxygens (including phenoxy) is 2. The minimum atomic E-state index is -0.431. The molecule has 1 heterocycles. The molecule has 0 bridgehead atoms. The summed E-state index contributed by atoms with van der Waals surface area (Å²) in [7, 11) is 3.46. The lowest BCUT2D eigenvalue weighted by atomic mass is 10.1. The Hall–Kier alpha value is -1.75. The number of hydrogen-bond donors (Lipinski definition) is 1. The quantitative estimate of drug-likeness (QED) is 0.675. The van der Waals surface area contributed by atoms with Gasteiger partial charge in [-0.2, -0.15) is 0 Å². The number of anilines is 1. The predicted octanol–water partition coefficient (Wildman–Crippen LogP) is 1.84. The number of methoxy groups -OCH3 is 1. The summed E-state index contributed by atoms with van der Waals surface area (Å²) >= 11 is 0.